The Hall–Kier alpha value is -2.24. The third-order valence-corrected chi connectivity index (χ3v) is 1.92. The quantitative estimate of drug-likeness (QED) is 0.753. The lowest BCUT2D eigenvalue weighted by atomic mass is 10.2. The SMILES string of the molecule is O=C(O)c1nc2ccccc2c(=O)n1F. The summed E-state index contributed by atoms with van der Waals surface area (Å²) < 4.78 is 13.1. The number of carboxylic acids is 1. The molecule has 0 unspecified atom stereocenters. The number of nitrogens with zero attached hydrogens (tertiary/aromatic N) is 2. The molecule has 5 nitrogen and oxygen atoms in total. The first kappa shape index (κ1) is 9.32. The van der Waals surface area contributed by atoms with Crippen LogP contribution in [0.2, 0.25) is 0 Å². The van der Waals surface area contributed by atoms with Crippen molar-refractivity contribution in [3.63, 3.8) is 0 Å². The van der Waals surface area contributed by atoms with E-state index in [9.17, 15) is 14.1 Å². The minimum absolute atomic E-state index is 0.0463. The molecule has 0 radical (unpaired) electrons. The van der Waals surface area contributed by atoms with Crippen molar-refractivity contribution >= 4 is 16.9 Å². The zero-order valence-electron chi connectivity index (χ0n) is 7.35. The van der Waals surface area contributed by atoms with Gasteiger partial charge in [-0.3, -0.25) is 4.79 Å². The van der Waals surface area contributed by atoms with Crippen molar-refractivity contribution in [2.75, 3.05) is 0 Å². The second-order valence-corrected chi connectivity index (χ2v) is 2.84. The highest BCUT2D eigenvalue weighted by Gasteiger charge is 2.15. The average molecular weight is 208 g/mol. The van der Waals surface area contributed by atoms with E-state index >= 15 is 0 Å². The van der Waals surface area contributed by atoms with Gasteiger partial charge in [0.2, 0.25) is 0 Å². The molecule has 1 aromatic carbocycles. The Labute approximate surface area is 82.3 Å². The summed E-state index contributed by atoms with van der Waals surface area (Å²) in [5.41, 5.74) is -0.855. The number of fused-ring (bicyclic) bond motifs is 1. The Morgan fingerprint density at radius 2 is 2.07 bits per heavy atom. The van der Waals surface area contributed by atoms with Gasteiger partial charge in [-0.05, 0) is 12.1 Å². The van der Waals surface area contributed by atoms with Crippen molar-refractivity contribution in [1.82, 2.24) is 9.77 Å². The summed E-state index contributed by atoms with van der Waals surface area (Å²) in [6.45, 7) is 0. The van der Waals surface area contributed by atoms with Gasteiger partial charge in [0.25, 0.3) is 11.4 Å². The number of carboxylic acid groups (broad SMARTS) is 1. The maximum atomic E-state index is 13.1. The van der Waals surface area contributed by atoms with E-state index in [1.807, 2.05) is 0 Å². The van der Waals surface area contributed by atoms with Gasteiger partial charge in [0.1, 0.15) is 0 Å². The fraction of sp³-hybridized carbons (Fsp3) is 0. The summed E-state index contributed by atoms with van der Waals surface area (Å²) in [7, 11) is 0. The van der Waals surface area contributed by atoms with Crippen LogP contribution < -0.4 is 5.56 Å². The van der Waals surface area contributed by atoms with Crippen molar-refractivity contribution in [3.05, 3.63) is 40.4 Å². The highest BCUT2D eigenvalue weighted by molar-refractivity contribution is 5.87. The zero-order valence-corrected chi connectivity index (χ0v) is 7.35. The predicted octanol–water partition coefficient (Wildman–Crippen LogP) is 0.827. The van der Waals surface area contributed by atoms with Crippen molar-refractivity contribution < 1.29 is 14.4 Å². The molecule has 0 saturated heterocycles. The highest BCUT2D eigenvalue weighted by Crippen LogP contribution is 2.07. The lowest BCUT2D eigenvalue weighted by Gasteiger charge is -2.00. The van der Waals surface area contributed by atoms with Gasteiger partial charge in [0, 0.05) is 0 Å². The van der Waals surface area contributed by atoms with Gasteiger partial charge in [-0.1, -0.05) is 16.6 Å². The van der Waals surface area contributed by atoms with E-state index in [1.54, 1.807) is 12.1 Å². The predicted molar refractivity (Wildman–Crippen MR) is 49.5 cm³/mol. The van der Waals surface area contributed by atoms with E-state index in [2.05, 4.69) is 4.98 Å². The standard InChI is InChI=1S/C9H5FN2O3/c10-12-7(9(14)15)11-6-4-2-1-3-5(6)8(12)13/h1-4H,(H,14,15). The average Bonchev–Trinajstić information content (AvgIpc) is 2.23. The Morgan fingerprint density at radius 1 is 1.40 bits per heavy atom. The van der Waals surface area contributed by atoms with Crippen molar-refractivity contribution in [3.8, 4) is 0 Å². The minimum atomic E-state index is -1.58. The van der Waals surface area contributed by atoms with E-state index in [-0.39, 0.29) is 10.9 Å². The molecule has 1 N–H and O–H groups in total. The van der Waals surface area contributed by atoms with Crippen LogP contribution in [0.4, 0.5) is 4.48 Å². The van der Waals surface area contributed by atoms with E-state index in [0.29, 0.717) is 0 Å². The van der Waals surface area contributed by atoms with Crippen LogP contribution in [0, 0.1) is 0 Å². The molecule has 1 aromatic heterocycles. The Bertz CT molecular complexity index is 606. The van der Waals surface area contributed by atoms with Gasteiger partial charge in [0.05, 0.1) is 10.9 Å². The van der Waals surface area contributed by atoms with Crippen LogP contribution in [0.3, 0.4) is 0 Å². The lowest BCUT2D eigenvalue weighted by Crippen LogP contribution is -2.22. The van der Waals surface area contributed by atoms with Gasteiger partial charge >= 0.3 is 5.97 Å². The lowest BCUT2D eigenvalue weighted by molar-refractivity contribution is 0.0661. The monoisotopic (exact) mass is 208 g/mol. The molecule has 0 bridgehead atoms. The first-order chi connectivity index (χ1) is 7.11. The van der Waals surface area contributed by atoms with Crippen molar-refractivity contribution in [2.45, 2.75) is 0 Å². The topological polar surface area (TPSA) is 72.2 Å². The molecule has 0 aliphatic heterocycles. The Kier molecular flexibility index (Phi) is 1.96. The number of rotatable bonds is 1. The third kappa shape index (κ3) is 1.35. The molecule has 0 spiro atoms. The maximum Gasteiger partial charge on any atom is 0.374 e. The third-order valence-electron chi connectivity index (χ3n) is 1.92. The molecule has 15 heavy (non-hydrogen) atoms. The van der Waals surface area contributed by atoms with Crippen LogP contribution in [-0.4, -0.2) is 20.8 Å². The highest BCUT2D eigenvalue weighted by atomic mass is 19.2. The molecular weight excluding hydrogens is 203 g/mol. The summed E-state index contributed by atoms with van der Waals surface area (Å²) in [5.74, 6) is -2.50. The molecule has 2 aromatic rings. The molecule has 0 aliphatic rings. The summed E-state index contributed by atoms with van der Waals surface area (Å²) in [6, 6.07) is 5.96. The van der Waals surface area contributed by atoms with Crippen LogP contribution >= 0.6 is 0 Å². The Morgan fingerprint density at radius 3 is 2.73 bits per heavy atom. The summed E-state index contributed by atoms with van der Waals surface area (Å²) in [4.78, 5) is 24.9. The van der Waals surface area contributed by atoms with Crippen LogP contribution in [0.1, 0.15) is 10.6 Å². The fourth-order valence-electron chi connectivity index (χ4n) is 1.24. The summed E-state index contributed by atoms with van der Waals surface area (Å²) in [5, 5.41) is 8.63. The van der Waals surface area contributed by atoms with Gasteiger partial charge in [-0.15, -0.1) is 4.79 Å². The van der Waals surface area contributed by atoms with Gasteiger partial charge in [-0.2, -0.15) is 0 Å². The van der Waals surface area contributed by atoms with Crippen LogP contribution in [0.25, 0.3) is 10.9 Å². The molecule has 0 aliphatic carbocycles. The molecule has 1 heterocycles. The number of hydrogen-bond acceptors (Lipinski definition) is 3. The first-order valence-electron chi connectivity index (χ1n) is 4.02. The minimum Gasteiger partial charge on any atom is -0.475 e. The number of hydrogen-bond donors (Lipinski definition) is 1. The molecule has 6 heteroatoms. The molecule has 0 fully saturated rings. The van der Waals surface area contributed by atoms with Crippen molar-refractivity contribution in [2.24, 2.45) is 0 Å². The molecule has 2 rings (SSSR count). The van der Waals surface area contributed by atoms with Gasteiger partial charge in [0.15, 0.2) is 0 Å². The normalized spacial score (nSPS) is 10.5. The van der Waals surface area contributed by atoms with E-state index in [1.165, 1.54) is 12.1 Å². The van der Waals surface area contributed by atoms with Gasteiger partial charge < -0.3 is 5.11 Å². The first-order valence-corrected chi connectivity index (χ1v) is 4.02. The Balaban J connectivity index is 2.95. The molecule has 0 atom stereocenters. The number of para-hydroxylation sites is 1. The molecule has 76 valence electrons. The maximum absolute atomic E-state index is 13.1. The summed E-state index contributed by atoms with van der Waals surface area (Å²) >= 11 is 0. The van der Waals surface area contributed by atoms with Gasteiger partial charge in [-0.25, -0.2) is 9.78 Å². The van der Waals surface area contributed by atoms with E-state index in [4.69, 9.17) is 5.11 Å². The van der Waals surface area contributed by atoms with E-state index in [0.717, 1.165) is 0 Å². The number of benzene rings is 1. The number of aromatic carboxylic acids is 1. The molecule has 0 saturated carbocycles. The molecular formula is C9H5FN2O3. The van der Waals surface area contributed by atoms with E-state index < -0.39 is 22.1 Å². The zero-order chi connectivity index (χ0) is 11.0. The number of aromatic nitrogens is 2. The smallest absolute Gasteiger partial charge is 0.374 e. The number of carbonyl (C=O) groups is 1. The van der Waals surface area contributed by atoms with Crippen LogP contribution in [-0.2, 0) is 0 Å². The van der Waals surface area contributed by atoms with Crippen LogP contribution in [0.15, 0.2) is 29.1 Å². The number of halogens is 1. The summed E-state index contributed by atoms with van der Waals surface area (Å²) in [6.07, 6.45) is 0. The van der Waals surface area contributed by atoms with Crippen molar-refractivity contribution in [1.29, 1.82) is 0 Å². The second-order valence-electron chi connectivity index (χ2n) is 2.84. The molecule has 0 amide bonds. The fourth-order valence-corrected chi connectivity index (χ4v) is 1.24. The second kappa shape index (κ2) is 3.16. The largest absolute Gasteiger partial charge is 0.475 e. The van der Waals surface area contributed by atoms with Crippen LogP contribution in [0.5, 0.6) is 0 Å².